The summed E-state index contributed by atoms with van der Waals surface area (Å²) in [5.74, 6) is 0.0208. The third-order valence-corrected chi connectivity index (χ3v) is 2.56. The van der Waals surface area contributed by atoms with Gasteiger partial charge in [-0.3, -0.25) is 9.78 Å². The van der Waals surface area contributed by atoms with Crippen molar-refractivity contribution in [3.05, 3.63) is 30.1 Å². The maximum absolute atomic E-state index is 11.7. The average Bonchev–Trinajstić information content (AvgIpc) is 2.28. The molecule has 88 valence electrons. The van der Waals surface area contributed by atoms with Crippen LogP contribution in [0.1, 0.15) is 32.4 Å². The van der Waals surface area contributed by atoms with Gasteiger partial charge in [0.05, 0.1) is 12.1 Å². The summed E-state index contributed by atoms with van der Waals surface area (Å²) < 4.78 is 0. The Morgan fingerprint density at radius 1 is 1.44 bits per heavy atom. The molecule has 0 spiro atoms. The lowest BCUT2D eigenvalue weighted by molar-refractivity contribution is -0.123. The zero-order chi connectivity index (χ0) is 12.1. The summed E-state index contributed by atoms with van der Waals surface area (Å²) >= 11 is 0. The first kappa shape index (κ1) is 12.6. The second-order valence-corrected chi connectivity index (χ2v) is 4.29. The second-order valence-electron chi connectivity index (χ2n) is 4.29. The molecule has 0 bridgehead atoms. The number of rotatable bonds is 4. The number of hydrogen-bond acceptors (Lipinski definition) is 3. The quantitative estimate of drug-likeness (QED) is 0.803. The van der Waals surface area contributed by atoms with Crippen LogP contribution in [-0.2, 0) is 4.79 Å². The molecular formula is C12H19N3O. The highest BCUT2D eigenvalue weighted by Gasteiger charge is 2.19. The Balaban J connectivity index is 2.58. The van der Waals surface area contributed by atoms with Gasteiger partial charge in [-0.1, -0.05) is 19.9 Å². The maximum Gasteiger partial charge on any atom is 0.237 e. The first-order valence-corrected chi connectivity index (χ1v) is 5.48. The fourth-order valence-corrected chi connectivity index (χ4v) is 1.33. The molecular weight excluding hydrogens is 202 g/mol. The van der Waals surface area contributed by atoms with Crippen LogP contribution in [0.15, 0.2) is 24.5 Å². The van der Waals surface area contributed by atoms with Crippen molar-refractivity contribution >= 4 is 5.91 Å². The number of amides is 1. The summed E-state index contributed by atoms with van der Waals surface area (Å²) in [6.07, 6.45) is 3.45. The summed E-state index contributed by atoms with van der Waals surface area (Å²) in [6, 6.07) is 3.25. The maximum atomic E-state index is 11.7. The minimum atomic E-state index is -0.459. The molecule has 2 atom stereocenters. The van der Waals surface area contributed by atoms with Crippen LogP contribution in [0.25, 0.3) is 0 Å². The van der Waals surface area contributed by atoms with Crippen molar-refractivity contribution in [2.24, 2.45) is 11.7 Å². The van der Waals surface area contributed by atoms with Crippen LogP contribution in [0.4, 0.5) is 0 Å². The van der Waals surface area contributed by atoms with Crippen molar-refractivity contribution in [2.45, 2.75) is 32.9 Å². The van der Waals surface area contributed by atoms with E-state index >= 15 is 0 Å². The Hall–Kier alpha value is -1.42. The van der Waals surface area contributed by atoms with Gasteiger partial charge in [0.15, 0.2) is 0 Å². The predicted molar refractivity (Wildman–Crippen MR) is 63.6 cm³/mol. The van der Waals surface area contributed by atoms with E-state index in [4.69, 9.17) is 5.73 Å². The predicted octanol–water partition coefficient (Wildman–Crippen LogP) is 1.24. The molecule has 0 aromatic carbocycles. The van der Waals surface area contributed by atoms with Crippen LogP contribution < -0.4 is 11.1 Å². The third-order valence-electron chi connectivity index (χ3n) is 2.56. The van der Waals surface area contributed by atoms with Gasteiger partial charge in [0, 0.05) is 12.4 Å². The highest BCUT2D eigenvalue weighted by molar-refractivity contribution is 5.82. The van der Waals surface area contributed by atoms with Crippen molar-refractivity contribution < 1.29 is 4.79 Å². The molecule has 1 rings (SSSR count). The topological polar surface area (TPSA) is 68.0 Å². The fourth-order valence-electron chi connectivity index (χ4n) is 1.33. The van der Waals surface area contributed by atoms with Crippen LogP contribution in [0, 0.1) is 5.92 Å². The minimum Gasteiger partial charge on any atom is -0.348 e. The van der Waals surface area contributed by atoms with Gasteiger partial charge < -0.3 is 11.1 Å². The van der Waals surface area contributed by atoms with E-state index in [0.717, 1.165) is 5.56 Å². The molecule has 4 heteroatoms. The molecule has 0 radical (unpaired) electrons. The molecule has 0 saturated carbocycles. The van der Waals surface area contributed by atoms with E-state index < -0.39 is 6.04 Å². The van der Waals surface area contributed by atoms with Crippen molar-refractivity contribution in [1.82, 2.24) is 10.3 Å². The molecule has 1 aromatic heterocycles. The largest absolute Gasteiger partial charge is 0.348 e. The van der Waals surface area contributed by atoms with E-state index in [1.54, 1.807) is 12.4 Å². The number of hydrogen-bond donors (Lipinski definition) is 2. The van der Waals surface area contributed by atoms with Crippen molar-refractivity contribution in [2.75, 3.05) is 0 Å². The Bertz CT molecular complexity index is 337. The molecule has 0 aliphatic carbocycles. The number of nitrogens with two attached hydrogens (primary N) is 1. The molecule has 16 heavy (non-hydrogen) atoms. The highest BCUT2D eigenvalue weighted by Crippen LogP contribution is 2.10. The molecule has 3 N–H and O–H groups in total. The first-order chi connectivity index (χ1) is 7.52. The van der Waals surface area contributed by atoms with Crippen molar-refractivity contribution in [1.29, 1.82) is 0 Å². The Kier molecular flexibility index (Phi) is 4.43. The van der Waals surface area contributed by atoms with Crippen LogP contribution in [0.3, 0.4) is 0 Å². The van der Waals surface area contributed by atoms with E-state index in [0.29, 0.717) is 0 Å². The van der Waals surface area contributed by atoms with Gasteiger partial charge in [-0.15, -0.1) is 0 Å². The molecule has 1 amide bonds. The zero-order valence-corrected chi connectivity index (χ0v) is 9.97. The van der Waals surface area contributed by atoms with E-state index in [1.165, 1.54) is 0 Å². The van der Waals surface area contributed by atoms with E-state index in [2.05, 4.69) is 10.3 Å². The number of pyridine rings is 1. The van der Waals surface area contributed by atoms with Gasteiger partial charge in [-0.2, -0.15) is 0 Å². The standard InChI is InChI=1S/C12H19N3O/c1-8(2)11(13)12(16)15-9(3)10-5-4-6-14-7-10/h4-9,11H,13H2,1-3H3,(H,15,16). The molecule has 1 heterocycles. The minimum absolute atomic E-state index is 0.0639. The lowest BCUT2D eigenvalue weighted by Gasteiger charge is -2.19. The lowest BCUT2D eigenvalue weighted by Crippen LogP contribution is -2.44. The lowest BCUT2D eigenvalue weighted by atomic mass is 10.0. The van der Waals surface area contributed by atoms with Crippen LogP contribution >= 0.6 is 0 Å². The molecule has 0 aliphatic heterocycles. The number of nitrogens with zero attached hydrogens (tertiary/aromatic N) is 1. The van der Waals surface area contributed by atoms with Gasteiger partial charge in [0.25, 0.3) is 0 Å². The fraction of sp³-hybridized carbons (Fsp3) is 0.500. The number of nitrogens with one attached hydrogen (secondary N) is 1. The van der Waals surface area contributed by atoms with Gasteiger partial charge in [-0.25, -0.2) is 0 Å². The van der Waals surface area contributed by atoms with Gasteiger partial charge in [0.2, 0.25) is 5.91 Å². The Morgan fingerprint density at radius 3 is 2.62 bits per heavy atom. The first-order valence-electron chi connectivity index (χ1n) is 5.48. The Labute approximate surface area is 96.3 Å². The summed E-state index contributed by atoms with van der Waals surface area (Å²) in [6.45, 7) is 5.78. The van der Waals surface area contributed by atoms with Crippen molar-refractivity contribution in [3.8, 4) is 0 Å². The number of carbonyl (C=O) groups excluding carboxylic acids is 1. The molecule has 0 aliphatic rings. The summed E-state index contributed by atoms with van der Waals surface area (Å²) in [7, 11) is 0. The van der Waals surface area contributed by atoms with E-state index in [9.17, 15) is 4.79 Å². The summed E-state index contributed by atoms with van der Waals surface area (Å²) in [4.78, 5) is 15.7. The Morgan fingerprint density at radius 2 is 2.12 bits per heavy atom. The summed E-state index contributed by atoms with van der Waals surface area (Å²) in [5.41, 5.74) is 6.74. The SMILES string of the molecule is CC(NC(=O)C(N)C(C)C)c1cccnc1. The molecule has 1 aromatic rings. The van der Waals surface area contributed by atoms with Crippen LogP contribution in [0.5, 0.6) is 0 Å². The van der Waals surface area contributed by atoms with E-state index in [1.807, 2.05) is 32.9 Å². The van der Waals surface area contributed by atoms with Gasteiger partial charge in [0.1, 0.15) is 0 Å². The second kappa shape index (κ2) is 5.61. The smallest absolute Gasteiger partial charge is 0.237 e. The average molecular weight is 221 g/mol. The molecule has 0 saturated heterocycles. The van der Waals surface area contributed by atoms with Crippen molar-refractivity contribution in [3.63, 3.8) is 0 Å². The van der Waals surface area contributed by atoms with Gasteiger partial charge in [-0.05, 0) is 24.5 Å². The number of aromatic nitrogens is 1. The third kappa shape index (κ3) is 3.31. The van der Waals surface area contributed by atoms with Crippen LogP contribution in [-0.4, -0.2) is 16.9 Å². The number of carbonyl (C=O) groups is 1. The van der Waals surface area contributed by atoms with E-state index in [-0.39, 0.29) is 17.9 Å². The molecule has 0 fully saturated rings. The molecule has 2 unspecified atom stereocenters. The highest BCUT2D eigenvalue weighted by atomic mass is 16.2. The van der Waals surface area contributed by atoms with Crippen LogP contribution in [0.2, 0.25) is 0 Å². The monoisotopic (exact) mass is 221 g/mol. The van der Waals surface area contributed by atoms with Gasteiger partial charge >= 0.3 is 0 Å². The molecule has 4 nitrogen and oxygen atoms in total. The summed E-state index contributed by atoms with van der Waals surface area (Å²) in [5, 5.41) is 2.87. The normalized spacial score (nSPS) is 14.6. The zero-order valence-electron chi connectivity index (χ0n) is 9.97.